The molecule has 26 heavy (non-hydrogen) atoms. The fourth-order valence-electron chi connectivity index (χ4n) is 2.85. The van der Waals surface area contributed by atoms with Crippen molar-refractivity contribution >= 4 is 12.1 Å². The van der Waals surface area contributed by atoms with Gasteiger partial charge in [-0.1, -0.05) is 48.5 Å². The lowest BCUT2D eigenvalue weighted by molar-refractivity contribution is 0.0954. The lowest BCUT2D eigenvalue weighted by Crippen LogP contribution is -2.18. The van der Waals surface area contributed by atoms with Crippen LogP contribution < -0.4 is 5.43 Å². The van der Waals surface area contributed by atoms with E-state index in [-0.39, 0.29) is 5.91 Å². The molecule has 5 heteroatoms. The summed E-state index contributed by atoms with van der Waals surface area (Å²) >= 11 is 0. The van der Waals surface area contributed by atoms with Crippen molar-refractivity contribution in [2.75, 3.05) is 0 Å². The standard InChI is InChI=1S/C21H22N4O/c1-15-9-7-8-12-19(15)21(26)23-22-13-20-16(2)24-25(17(20)3)14-18-10-5-4-6-11-18/h4-13H,14H2,1-3H3,(H,23,26)/b22-13-. The van der Waals surface area contributed by atoms with Gasteiger partial charge in [0.2, 0.25) is 0 Å². The third-order valence-corrected chi connectivity index (χ3v) is 4.36. The minimum absolute atomic E-state index is 0.216. The SMILES string of the molecule is Cc1ccccc1C(=O)N/N=C\c1c(C)nn(Cc2ccccc2)c1C. The third kappa shape index (κ3) is 3.88. The zero-order valence-corrected chi connectivity index (χ0v) is 15.2. The van der Waals surface area contributed by atoms with E-state index in [1.54, 1.807) is 12.3 Å². The summed E-state index contributed by atoms with van der Waals surface area (Å²) in [5.41, 5.74) is 8.15. The first-order valence-corrected chi connectivity index (χ1v) is 8.53. The van der Waals surface area contributed by atoms with Gasteiger partial charge >= 0.3 is 0 Å². The van der Waals surface area contributed by atoms with Crippen LogP contribution in [-0.2, 0) is 6.54 Å². The first kappa shape index (κ1) is 17.6. The minimum atomic E-state index is -0.216. The van der Waals surface area contributed by atoms with E-state index < -0.39 is 0 Å². The molecule has 5 nitrogen and oxygen atoms in total. The van der Waals surface area contributed by atoms with E-state index in [0.29, 0.717) is 12.1 Å². The molecule has 1 N–H and O–H groups in total. The summed E-state index contributed by atoms with van der Waals surface area (Å²) in [5, 5.41) is 8.71. The molecular formula is C21H22N4O. The molecule has 2 aromatic carbocycles. The van der Waals surface area contributed by atoms with Crippen LogP contribution in [0.3, 0.4) is 0 Å². The summed E-state index contributed by atoms with van der Waals surface area (Å²) in [7, 11) is 0. The average molecular weight is 346 g/mol. The van der Waals surface area contributed by atoms with Crippen LogP contribution in [0.1, 0.15) is 38.4 Å². The Kier molecular flexibility index (Phi) is 5.27. The van der Waals surface area contributed by atoms with Gasteiger partial charge in [-0.05, 0) is 38.0 Å². The highest BCUT2D eigenvalue weighted by molar-refractivity contribution is 5.96. The summed E-state index contributed by atoms with van der Waals surface area (Å²) in [6.07, 6.45) is 1.66. The highest BCUT2D eigenvalue weighted by atomic mass is 16.2. The Hall–Kier alpha value is -3.21. The van der Waals surface area contributed by atoms with E-state index in [1.165, 1.54) is 5.56 Å². The molecule has 0 atom stereocenters. The zero-order chi connectivity index (χ0) is 18.5. The zero-order valence-electron chi connectivity index (χ0n) is 15.2. The molecule has 0 aliphatic heterocycles. The van der Waals surface area contributed by atoms with E-state index in [4.69, 9.17) is 0 Å². The molecule has 0 unspecified atom stereocenters. The number of nitrogens with one attached hydrogen (secondary N) is 1. The summed E-state index contributed by atoms with van der Waals surface area (Å²) < 4.78 is 1.95. The highest BCUT2D eigenvalue weighted by Gasteiger charge is 2.11. The van der Waals surface area contributed by atoms with Crippen molar-refractivity contribution in [3.8, 4) is 0 Å². The van der Waals surface area contributed by atoms with Crippen molar-refractivity contribution in [1.82, 2.24) is 15.2 Å². The Morgan fingerprint density at radius 1 is 1.08 bits per heavy atom. The summed E-state index contributed by atoms with van der Waals surface area (Å²) in [6, 6.07) is 17.6. The van der Waals surface area contributed by atoms with Gasteiger partial charge in [-0.2, -0.15) is 10.2 Å². The van der Waals surface area contributed by atoms with Crippen molar-refractivity contribution in [1.29, 1.82) is 0 Å². The first-order chi connectivity index (χ1) is 12.6. The Morgan fingerprint density at radius 3 is 2.50 bits per heavy atom. The Balaban J connectivity index is 1.73. The van der Waals surface area contributed by atoms with Gasteiger partial charge in [0.05, 0.1) is 18.5 Å². The van der Waals surface area contributed by atoms with Gasteiger partial charge in [0, 0.05) is 16.8 Å². The van der Waals surface area contributed by atoms with Crippen molar-refractivity contribution < 1.29 is 4.79 Å². The molecule has 0 spiro atoms. The number of amides is 1. The topological polar surface area (TPSA) is 59.3 Å². The van der Waals surface area contributed by atoms with Crippen LogP contribution >= 0.6 is 0 Å². The second-order valence-electron chi connectivity index (χ2n) is 6.24. The number of carbonyl (C=O) groups excluding carboxylic acids is 1. The fourth-order valence-corrected chi connectivity index (χ4v) is 2.85. The number of nitrogens with zero attached hydrogens (tertiary/aromatic N) is 3. The summed E-state index contributed by atoms with van der Waals surface area (Å²) in [4.78, 5) is 12.2. The van der Waals surface area contributed by atoms with Crippen molar-refractivity contribution in [2.45, 2.75) is 27.3 Å². The number of hydrogen-bond donors (Lipinski definition) is 1. The molecule has 1 aromatic heterocycles. The maximum absolute atomic E-state index is 12.2. The van der Waals surface area contributed by atoms with E-state index in [0.717, 1.165) is 22.5 Å². The van der Waals surface area contributed by atoms with Crippen LogP contribution in [0.2, 0.25) is 0 Å². The van der Waals surface area contributed by atoms with Gasteiger partial charge in [0.25, 0.3) is 5.91 Å². The highest BCUT2D eigenvalue weighted by Crippen LogP contribution is 2.13. The third-order valence-electron chi connectivity index (χ3n) is 4.36. The van der Waals surface area contributed by atoms with Gasteiger partial charge in [-0.3, -0.25) is 9.48 Å². The van der Waals surface area contributed by atoms with Gasteiger partial charge in [-0.15, -0.1) is 0 Å². The number of hydrogen-bond acceptors (Lipinski definition) is 3. The lowest BCUT2D eigenvalue weighted by Gasteiger charge is -2.05. The summed E-state index contributed by atoms with van der Waals surface area (Å²) in [6.45, 7) is 6.56. The van der Waals surface area contributed by atoms with Crippen LogP contribution in [0.15, 0.2) is 59.7 Å². The molecule has 1 heterocycles. The van der Waals surface area contributed by atoms with Crippen LogP contribution in [0.4, 0.5) is 0 Å². The molecule has 0 radical (unpaired) electrons. The number of carbonyl (C=O) groups is 1. The maximum atomic E-state index is 12.2. The molecule has 0 aliphatic rings. The predicted octanol–water partition coefficient (Wildman–Crippen LogP) is 3.62. The monoisotopic (exact) mass is 346 g/mol. The maximum Gasteiger partial charge on any atom is 0.271 e. The number of hydrazone groups is 1. The second kappa shape index (κ2) is 7.78. The largest absolute Gasteiger partial charge is 0.271 e. The molecule has 132 valence electrons. The quantitative estimate of drug-likeness (QED) is 0.566. The van der Waals surface area contributed by atoms with Crippen LogP contribution in [0, 0.1) is 20.8 Å². The van der Waals surface area contributed by atoms with Gasteiger partial charge in [0.15, 0.2) is 0 Å². The van der Waals surface area contributed by atoms with Crippen LogP contribution in [0.25, 0.3) is 0 Å². The molecule has 3 rings (SSSR count). The van der Waals surface area contributed by atoms with E-state index in [2.05, 4.69) is 27.8 Å². The first-order valence-electron chi connectivity index (χ1n) is 8.53. The van der Waals surface area contributed by atoms with E-state index in [1.807, 2.05) is 61.9 Å². The minimum Gasteiger partial charge on any atom is -0.267 e. The van der Waals surface area contributed by atoms with Crippen LogP contribution in [-0.4, -0.2) is 21.9 Å². The van der Waals surface area contributed by atoms with Crippen molar-refractivity contribution in [3.05, 3.63) is 88.2 Å². The fraction of sp³-hybridized carbons (Fsp3) is 0.190. The Morgan fingerprint density at radius 2 is 1.77 bits per heavy atom. The Bertz CT molecular complexity index is 942. The van der Waals surface area contributed by atoms with E-state index >= 15 is 0 Å². The number of benzene rings is 2. The summed E-state index contributed by atoms with van der Waals surface area (Å²) in [5.74, 6) is -0.216. The lowest BCUT2D eigenvalue weighted by atomic mass is 10.1. The van der Waals surface area contributed by atoms with Gasteiger partial charge in [-0.25, -0.2) is 5.43 Å². The van der Waals surface area contributed by atoms with Crippen molar-refractivity contribution in [3.63, 3.8) is 0 Å². The molecule has 0 saturated heterocycles. The Labute approximate surface area is 153 Å². The molecule has 0 aliphatic carbocycles. The smallest absolute Gasteiger partial charge is 0.267 e. The second-order valence-corrected chi connectivity index (χ2v) is 6.24. The predicted molar refractivity (Wildman–Crippen MR) is 103 cm³/mol. The number of aromatic nitrogens is 2. The normalized spacial score (nSPS) is 11.0. The van der Waals surface area contributed by atoms with Gasteiger partial charge in [0.1, 0.15) is 0 Å². The molecule has 3 aromatic rings. The average Bonchev–Trinajstić information content (AvgIpc) is 2.90. The van der Waals surface area contributed by atoms with Gasteiger partial charge < -0.3 is 0 Å². The molecule has 0 fully saturated rings. The molecular weight excluding hydrogens is 324 g/mol. The number of aryl methyl sites for hydroxylation is 2. The number of rotatable bonds is 5. The molecule has 0 saturated carbocycles. The van der Waals surface area contributed by atoms with Crippen LogP contribution in [0.5, 0.6) is 0 Å². The molecule has 0 bridgehead atoms. The van der Waals surface area contributed by atoms with E-state index in [9.17, 15) is 4.79 Å². The van der Waals surface area contributed by atoms with Crippen molar-refractivity contribution in [2.24, 2.45) is 5.10 Å². The molecule has 1 amide bonds.